The molecule has 7 nitrogen and oxygen atoms in total. The average molecular weight is 374 g/mol. The third-order valence-corrected chi connectivity index (χ3v) is 4.33. The van der Waals surface area contributed by atoms with Crippen molar-refractivity contribution in [3.8, 4) is 0 Å². The van der Waals surface area contributed by atoms with Crippen LogP contribution in [0.4, 0.5) is 0 Å². The molecule has 0 bridgehead atoms. The van der Waals surface area contributed by atoms with E-state index in [4.69, 9.17) is 14.2 Å². The van der Waals surface area contributed by atoms with Crippen LogP contribution in [0.1, 0.15) is 33.1 Å². The highest BCUT2D eigenvalue weighted by Gasteiger charge is 2.15. The van der Waals surface area contributed by atoms with E-state index in [2.05, 4.69) is 22.0 Å². The number of nitrogens with zero attached hydrogens (tertiary/aromatic N) is 2. The first-order chi connectivity index (χ1) is 12.8. The first-order valence-electron chi connectivity index (χ1n) is 10.2. The molecule has 1 aliphatic rings. The van der Waals surface area contributed by atoms with Gasteiger partial charge in [-0.05, 0) is 12.8 Å². The Bertz CT molecular complexity index is 337. The molecule has 7 heteroatoms. The van der Waals surface area contributed by atoms with Gasteiger partial charge in [-0.1, -0.05) is 13.8 Å². The van der Waals surface area contributed by atoms with Gasteiger partial charge in [0.1, 0.15) is 0 Å². The van der Waals surface area contributed by atoms with E-state index in [9.17, 15) is 4.79 Å². The van der Waals surface area contributed by atoms with Gasteiger partial charge in [0.15, 0.2) is 0 Å². The quantitative estimate of drug-likeness (QED) is 0.407. The molecule has 1 fully saturated rings. The maximum Gasteiger partial charge on any atom is 0.220 e. The van der Waals surface area contributed by atoms with Gasteiger partial charge in [-0.25, -0.2) is 0 Å². The van der Waals surface area contributed by atoms with Crippen LogP contribution >= 0.6 is 0 Å². The molecule has 0 spiro atoms. The molecule has 1 rings (SSSR count). The molecule has 26 heavy (non-hydrogen) atoms. The average Bonchev–Trinajstić information content (AvgIpc) is 2.65. The van der Waals surface area contributed by atoms with E-state index < -0.39 is 0 Å². The standard InChI is InChI=1S/C19H39N3O4/c1-3-5-19(23)20-6-14-25-17-18-26-16-12-22-9-7-21(8-10-22)11-15-24-13-4-2/h3-18H2,1-2H3,(H,20,23). The lowest BCUT2D eigenvalue weighted by Crippen LogP contribution is -2.48. The fraction of sp³-hybridized carbons (Fsp3) is 0.947. The molecule has 1 heterocycles. The van der Waals surface area contributed by atoms with Crippen molar-refractivity contribution in [2.75, 3.05) is 85.5 Å². The molecule has 0 aliphatic carbocycles. The van der Waals surface area contributed by atoms with Crippen molar-refractivity contribution in [1.29, 1.82) is 0 Å². The van der Waals surface area contributed by atoms with Gasteiger partial charge in [-0.2, -0.15) is 0 Å². The summed E-state index contributed by atoms with van der Waals surface area (Å²) in [6.45, 7) is 15.4. The number of hydrogen-bond acceptors (Lipinski definition) is 6. The Balaban J connectivity index is 1.84. The maximum atomic E-state index is 11.3. The number of ether oxygens (including phenoxy) is 3. The zero-order valence-electron chi connectivity index (χ0n) is 16.8. The van der Waals surface area contributed by atoms with Crippen molar-refractivity contribution in [2.45, 2.75) is 33.1 Å². The fourth-order valence-electron chi connectivity index (χ4n) is 2.77. The van der Waals surface area contributed by atoms with E-state index in [-0.39, 0.29) is 5.91 Å². The van der Waals surface area contributed by atoms with Crippen LogP contribution in [0.15, 0.2) is 0 Å². The smallest absolute Gasteiger partial charge is 0.220 e. The molecule has 1 amide bonds. The van der Waals surface area contributed by atoms with Crippen LogP contribution in [0, 0.1) is 0 Å². The Morgan fingerprint density at radius 3 is 1.85 bits per heavy atom. The number of carbonyl (C=O) groups is 1. The molecule has 0 aromatic carbocycles. The second kappa shape index (κ2) is 16.4. The second-order valence-electron chi connectivity index (χ2n) is 6.62. The van der Waals surface area contributed by atoms with Crippen LogP contribution in [-0.2, 0) is 19.0 Å². The van der Waals surface area contributed by atoms with Gasteiger partial charge in [0, 0.05) is 58.8 Å². The largest absolute Gasteiger partial charge is 0.380 e. The van der Waals surface area contributed by atoms with Crippen molar-refractivity contribution in [1.82, 2.24) is 15.1 Å². The summed E-state index contributed by atoms with van der Waals surface area (Å²) < 4.78 is 16.6. The van der Waals surface area contributed by atoms with E-state index in [1.54, 1.807) is 0 Å². The summed E-state index contributed by atoms with van der Waals surface area (Å²) in [5, 5.41) is 2.83. The van der Waals surface area contributed by atoms with Crippen molar-refractivity contribution < 1.29 is 19.0 Å². The van der Waals surface area contributed by atoms with Crippen LogP contribution in [0.25, 0.3) is 0 Å². The molecule has 1 N–H and O–H groups in total. The highest BCUT2D eigenvalue weighted by molar-refractivity contribution is 5.75. The summed E-state index contributed by atoms with van der Waals surface area (Å²) in [6.07, 6.45) is 2.56. The summed E-state index contributed by atoms with van der Waals surface area (Å²) in [4.78, 5) is 16.2. The Morgan fingerprint density at radius 2 is 1.31 bits per heavy atom. The molecule has 0 atom stereocenters. The second-order valence-corrected chi connectivity index (χ2v) is 6.62. The van der Waals surface area contributed by atoms with Crippen LogP contribution < -0.4 is 5.32 Å². The number of rotatable bonds is 16. The molecule has 0 aromatic rings. The normalized spacial score (nSPS) is 16.1. The van der Waals surface area contributed by atoms with Crippen LogP contribution in [0.2, 0.25) is 0 Å². The Kier molecular flexibility index (Phi) is 14.7. The molecular weight excluding hydrogens is 334 g/mol. The molecule has 154 valence electrons. The van der Waals surface area contributed by atoms with Crippen LogP contribution in [0.3, 0.4) is 0 Å². The number of nitrogens with one attached hydrogen (secondary N) is 1. The first-order valence-corrected chi connectivity index (χ1v) is 10.2. The molecule has 1 saturated heterocycles. The Hall–Kier alpha value is -0.730. The minimum absolute atomic E-state index is 0.0981. The molecule has 0 aromatic heterocycles. The van der Waals surface area contributed by atoms with Crippen LogP contribution in [-0.4, -0.2) is 101 Å². The van der Waals surface area contributed by atoms with E-state index in [1.165, 1.54) is 0 Å². The van der Waals surface area contributed by atoms with Gasteiger partial charge in [0.25, 0.3) is 0 Å². The van der Waals surface area contributed by atoms with Crippen molar-refractivity contribution in [3.05, 3.63) is 0 Å². The predicted octanol–water partition coefficient (Wildman–Crippen LogP) is 0.980. The van der Waals surface area contributed by atoms with Crippen molar-refractivity contribution in [2.24, 2.45) is 0 Å². The summed E-state index contributed by atoms with van der Waals surface area (Å²) in [7, 11) is 0. The van der Waals surface area contributed by atoms with Gasteiger partial charge in [-0.15, -0.1) is 0 Å². The Labute approximate surface area is 159 Å². The summed E-state index contributed by atoms with van der Waals surface area (Å²) >= 11 is 0. The molecule has 1 aliphatic heterocycles. The highest BCUT2D eigenvalue weighted by atomic mass is 16.5. The van der Waals surface area contributed by atoms with Gasteiger partial charge in [0.05, 0.1) is 33.0 Å². The lowest BCUT2D eigenvalue weighted by atomic mass is 10.3. The minimum atomic E-state index is 0.0981. The van der Waals surface area contributed by atoms with Crippen LogP contribution in [0.5, 0.6) is 0 Å². The molecule has 0 unspecified atom stereocenters. The van der Waals surface area contributed by atoms with E-state index in [0.29, 0.717) is 32.8 Å². The SMILES string of the molecule is CCCOCCN1CCN(CCOCCOCCNC(=O)CCC)CC1. The van der Waals surface area contributed by atoms with Crippen molar-refractivity contribution in [3.63, 3.8) is 0 Å². The number of amides is 1. The summed E-state index contributed by atoms with van der Waals surface area (Å²) in [5.41, 5.74) is 0. The van der Waals surface area contributed by atoms with Crippen molar-refractivity contribution >= 4 is 5.91 Å². The lowest BCUT2D eigenvalue weighted by Gasteiger charge is -2.34. The number of hydrogen-bond donors (Lipinski definition) is 1. The Morgan fingerprint density at radius 1 is 0.769 bits per heavy atom. The van der Waals surface area contributed by atoms with E-state index in [1.807, 2.05) is 6.92 Å². The highest BCUT2D eigenvalue weighted by Crippen LogP contribution is 2.01. The summed E-state index contributed by atoms with van der Waals surface area (Å²) in [5.74, 6) is 0.0981. The first kappa shape index (κ1) is 23.3. The topological polar surface area (TPSA) is 63.3 Å². The fourth-order valence-corrected chi connectivity index (χ4v) is 2.77. The summed E-state index contributed by atoms with van der Waals surface area (Å²) in [6, 6.07) is 0. The molecule has 0 radical (unpaired) electrons. The predicted molar refractivity (Wildman–Crippen MR) is 104 cm³/mol. The number of carbonyl (C=O) groups excluding carboxylic acids is 1. The minimum Gasteiger partial charge on any atom is -0.380 e. The van der Waals surface area contributed by atoms with Gasteiger partial charge in [-0.3, -0.25) is 14.6 Å². The monoisotopic (exact) mass is 373 g/mol. The van der Waals surface area contributed by atoms with E-state index in [0.717, 1.165) is 71.9 Å². The van der Waals surface area contributed by atoms with Gasteiger partial charge < -0.3 is 19.5 Å². The number of piperazine rings is 1. The molecule has 0 saturated carbocycles. The zero-order valence-corrected chi connectivity index (χ0v) is 16.8. The molecular formula is C19H39N3O4. The van der Waals surface area contributed by atoms with E-state index >= 15 is 0 Å². The third-order valence-electron chi connectivity index (χ3n) is 4.33. The van der Waals surface area contributed by atoms with Gasteiger partial charge in [0.2, 0.25) is 5.91 Å². The maximum absolute atomic E-state index is 11.3. The zero-order chi connectivity index (χ0) is 18.9. The third kappa shape index (κ3) is 12.6. The van der Waals surface area contributed by atoms with Gasteiger partial charge >= 0.3 is 0 Å². The lowest BCUT2D eigenvalue weighted by molar-refractivity contribution is -0.121.